The van der Waals surface area contributed by atoms with Gasteiger partial charge < -0.3 is 25.4 Å². The highest BCUT2D eigenvalue weighted by Gasteiger charge is 2.12. The number of pyridine rings is 1. The van der Waals surface area contributed by atoms with Gasteiger partial charge >= 0.3 is 0 Å². The van der Waals surface area contributed by atoms with Crippen molar-refractivity contribution < 1.29 is 14.3 Å². The van der Waals surface area contributed by atoms with Crippen molar-refractivity contribution in [3.63, 3.8) is 0 Å². The van der Waals surface area contributed by atoms with E-state index in [2.05, 4.69) is 20.9 Å². The number of aromatic nitrogens is 1. The molecule has 1 aromatic heterocycles. The molecule has 0 bridgehead atoms. The van der Waals surface area contributed by atoms with Crippen LogP contribution in [0.2, 0.25) is 5.02 Å². The second kappa shape index (κ2) is 10.1. The van der Waals surface area contributed by atoms with Crippen molar-refractivity contribution >= 4 is 52.0 Å². The van der Waals surface area contributed by atoms with E-state index in [0.29, 0.717) is 44.4 Å². The number of carbonyl (C=O) groups excluding carboxylic acids is 1. The summed E-state index contributed by atoms with van der Waals surface area (Å²) in [5, 5.41) is 9.58. The highest BCUT2D eigenvalue weighted by atomic mass is 35.5. The monoisotopic (exact) mass is 456 g/mol. The van der Waals surface area contributed by atoms with Crippen LogP contribution < -0.4 is 25.4 Å². The number of anilines is 3. The van der Waals surface area contributed by atoms with Crippen LogP contribution in [0, 0.1) is 6.92 Å². The number of carbonyl (C=O) groups is 1. The maximum absolute atomic E-state index is 12.4. The fourth-order valence-electron chi connectivity index (χ4n) is 2.80. The quantitative estimate of drug-likeness (QED) is 0.444. The van der Waals surface area contributed by atoms with Crippen molar-refractivity contribution in [1.82, 2.24) is 4.98 Å². The zero-order valence-electron chi connectivity index (χ0n) is 17.2. The van der Waals surface area contributed by atoms with Crippen LogP contribution in [0.3, 0.4) is 0 Å². The van der Waals surface area contributed by atoms with E-state index in [-0.39, 0.29) is 5.91 Å². The minimum absolute atomic E-state index is 0.216. The summed E-state index contributed by atoms with van der Waals surface area (Å²) in [6, 6.07) is 14.1. The molecule has 3 N–H and O–H groups in total. The topological polar surface area (TPSA) is 84.5 Å². The molecule has 0 saturated heterocycles. The summed E-state index contributed by atoms with van der Waals surface area (Å²) in [6.07, 6.45) is 1.57. The van der Waals surface area contributed by atoms with Gasteiger partial charge in [-0.3, -0.25) is 4.79 Å². The van der Waals surface area contributed by atoms with Crippen LogP contribution in [0.25, 0.3) is 0 Å². The Balaban J connectivity index is 1.63. The third kappa shape index (κ3) is 5.62. The first kappa shape index (κ1) is 22.3. The summed E-state index contributed by atoms with van der Waals surface area (Å²) in [6.45, 7) is 1.88. The van der Waals surface area contributed by atoms with E-state index in [9.17, 15) is 4.79 Å². The highest BCUT2D eigenvalue weighted by molar-refractivity contribution is 7.80. The van der Waals surface area contributed by atoms with Gasteiger partial charge in [0, 0.05) is 11.6 Å². The molecular weight excluding hydrogens is 436 g/mol. The Morgan fingerprint density at radius 3 is 2.39 bits per heavy atom. The summed E-state index contributed by atoms with van der Waals surface area (Å²) < 4.78 is 10.5. The van der Waals surface area contributed by atoms with Crippen LogP contribution in [0.1, 0.15) is 15.9 Å². The molecule has 1 amide bonds. The smallest absolute Gasteiger partial charge is 0.257 e. The standard InChI is InChI=1S/C22H21ClN4O3S/c1-13-6-4-5-7-15(13)21(28)27-20-9-8-14(12-24-20)25-22(31)26-17-10-16(23)18(29-2)11-19(17)30-3/h4-12H,1-3H3,(H,24,27,28)(H2,25,26,31). The summed E-state index contributed by atoms with van der Waals surface area (Å²) in [5.41, 5.74) is 2.72. The minimum atomic E-state index is -0.216. The maximum atomic E-state index is 12.4. The summed E-state index contributed by atoms with van der Waals surface area (Å²) in [4.78, 5) is 16.7. The lowest BCUT2D eigenvalue weighted by atomic mass is 10.1. The van der Waals surface area contributed by atoms with E-state index in [0.717, 1.165) is 5.56 Å². The fraction of sp³-hybridized carbons (Fsp3) is 0.136. The van der Waals surface area contributed by atoms with Gasteiger partial charge in [0.15, 0.2) is 5.11 Å². The zero-order valence-corrected chi connectivity index (χ0v) is 18.7. The molecule has 0 spiro atoms. The Hall–Kier alpha value is -3.36. The van der Waals surface area contributed by atoms with Gasteiger partial charge in [0.2, 0.25) is 0 Å². The molecule has 0 saturated carbocycles. The molecule has 3 aromatic rings. The Bertz CT molecular complexity index is 1110. The van der Waals surface area contributed by atoms with Crippen molar-refractivity contribution in [2.75, 3.05) is 30.2 Å². The third-order valence-corrected chi connectivity index (χ3v) is 4.87. The van der Waals surface area contributed by atoms with Gasteiger partial charge in [0.05, 0.1) is 36.8 Å². The zero-order chi connectivity index (χ0) is 22.4. The molecule has 31 heavy (non-hydrogen) atoms. The molecule has 0 aliphatic carbocycles. The number of nitrogens with zero attached hydrogens (tertiary/aromatic N) is 1. The predicted molar refractivity (Wildman–Crippen MR) is 128 cm³/mol. The van der Waals surface area contributed by atoms with Crippen LogP contribution in [0.5, 0.6) is 11.5 Å². The number of rotatable bonds is 6. The highest BCUT2D eigenvalue weighted by Crippen LogP contribution is 2.35. The van der Waals surface area contributed by atoms with E-state index >= 15 is 0 Å². The number of hydrogen-bond donors (Lipinski definition) is 3. The molecule has 0 fully saturated rings. The van der Waals surface area contributed by atoms with Crippen LogP contribution in [0.15, 0.2) is 54.7 Å². The minimum Gasteiger partial charge on any atom is -0.495 e. The molecular formula is C22H21ClN4O3S. The first-order valence-corrected chi connectivity index (χ1v) is 10.0. The average molecular weight is 457 g/mol. The fourth-order valence-corrected chi connectivity index (χ4v) is 3.26. The van der Waals surface area contributed by atoms with Gasteiger partial charge in [-0.15, -0.1) is 0 Å². The van der Waals surface area contributed by atoms with Crippen molar-refractivity contribution in [1.29, 1.82) is 0 Å². The SMILES string of the molecule is COc1cc(OC)c(NC(=S)Nc2ccc(NC(=O)c3ccccc3C)nc2)cc1Cl. The molecule has 0 atom stereocenters. The molecule has 160 valence electrons. The lowest BCUT2D eigenvalue weighted by Crippen LogP contribution is -2.20. The summed E-state index contributed by atoms with van der Waals surface area (Å²) >= 11 is 11.5. The van der Waals surface area contributed by atoms with Crippen molar-refractivity contribution in [2.45, 2.75) is 6.92 Å². The van der Waals surface area contributed by atoms with E-state index in [1.807, 2.05) is 25.1 Å². The second-order valence-electron chi connectivity index (χ2n) is 6.47. The van der Waals surface area contributed by atoms with Crippen molar-refractivity contribution in [3.8, 4) is 11.5 Å². The first-order chi connectivity index (χ1) is 14.9. The Kier molecular flexibility index (Phi) is 7.28. The van der Waals surface area contributed by atoms with Gasteiger partial charge in [0.25, 0.3) is 5.91 Å². The molecule has 0 aliphatic heterocycles. The molecule has 0 aliphatic rings. The molecule has 3 rings (SSSR count). The number of halogens is 1. The number of benzene rings is 2. The average Bonchev–Trinajstić information content (AvgIpc) is 2.75. The Labute approximate surface area is 190 Å². The number of thiocarbonyl (C=S) groups is 1. The van der Waals surface area contributed by atoms with Gasteiger partial charge in [-0.1, -0.05) is 29.8 Å². The van der Waals surface area contributed by atoms with E-state index < -0.39 is 0 Å². The lowest BCUT2D eigenvalue weighted by Gasteiger charge is -2.15. The molecule has 9 heteroatoms. The van der Waals surface area contributed by atoms with Gasteiger partial charge in [-0.2, -0.15) is 0 Å². The number of hydrogen-bond acceptors (Lipinski definition) is 5. The molecule has 7 nitrogen and oxygen atoms in total. The van der Waals surface area contributed by atoms with Crippen LogP contribution in [0.4, 0.5) is 17.2 Å². The number of ether oxygens (including phenoxy) is 2. The van der Waals surface area contributed by atoms with E-state index in [1.165, 1.54) is 14.2 Å². The number of amides is 1. The number of methoxy groups -OCH3 is 2. The molecule has 0 unspecified atom stereocenters. The molecule has 0 radical (unpaired) electrons. The van der Waals surface area contributed by atoms with Crippen molar-refractivity contribution in [2.24, 2.45) is 0 Å². The summed E-state index contributed by atoms with van der Waals surface area (Å²) in [5.74, 6) is 1.24. The number of nitrogens with one attached hydrogen (secondary N) is 3. The largest absolute Gasteiger partial charge is 0.495 e. The van der Waals surface area contributed by atoms with E-state index in [1.54, 1.807) is 36.5 Å². The van der Waals surface area contributed by atoms with Crippen LogP contribution in [-0.2, 0) is 0 Å². The molecule has 1 heterocycles. The van der Waals surface area contributed by atoms with Crippen LogP contribution in [-0.4, -0.2) is 30.2 Å². The predicted octanol–water partition coefficient (Wildman–Crippen LogP) is 5.12. The second-order valence-corrected chi connectivity index (χ2v) is 7.28. The van der Waals surface area contributed by atoms with Crippen molar-refractivity contribution in [3.05, 3.63) is 70.9 Å². The van der Waals surface area contributed by atoms with Gasteiger partial charge in [0.1, 0.15) is 17.3 Å². The Morgan fingerprint density at radius 2 is 1.74 bits per heavy atom. The van der Waals surface area contributed by atoms with Gasteiger partial charge in [-0.05, 0) is 49.0 Å². The first-order valence-electron chi connectivity index (χ1n) is 9.24. The van der Waals surface area contributed by atoms with Crippen LogP contribution >= 0.6 is 23.8 Å². The van der Waals surface area contributed by atoms with Gasteiger partial charge in [-0.25, -0.2) is 4.98 Å². The summed E-state index contributed by atoms with van der Waals surface area (Å²) in [7, 11) is 3.07. The maximum Gasteiger partial charge on any atom is 0.257 e. The lowest BCUT2D eigenvalue weighted by molar-refractivity contribution is 0.102. The normalized spacial score (nSPS) is 10.2. The molecule has 2 aromatic carbocycles. The Morgan fingerprint density at radius 1 is 1.00 bits per heavy atom. The third-order valence-electron chi connectivity index (χ3n) is 4.37. The number of aryl methyl sites for hydroxylation is 1. The van der Waals surface area contributed by atoms with E-state index in [4.69, 9.17) is 33.3 Å².